The second-order valence-corrected chi connectivity index (χ2v) is 4.68. The van der Waals surface area contributed by atoms with E-state index in [1.54, 1.807) is 36.4 Å². The van der Waals surface area contributed by atoms with Crippen molar-refractivity contribution in [3.63, 3.8) is 0 Å². The third-order valence-corrected chi connectivity index (χ3v) is 2.85. The molecule has 0 spiro atoms. The van der Waals surface area contributed by atoms with Crippen molar-refractivity contribution in [3.05, 3.63) is 64.6 Å². The predicted molar refractivity (Wildman–Crippen MR) is 89.0 cm³/mol. The number of carbonyl (C=O) groups excluding carboxylic acids is 1. The summed E-state index contributed by atoms with van der Waals surface area (Å²) in [6.45, 7) is 3.40. The van der Waals surface area contributed by atoms with Crippen molar-refractivity contribution in [1.29, 1.82) is 0 Å². The van der Waals surface area contributed by atoms with E-state index in [-0.39, 0.29) is 5.91 Å². The number of rotatable bonds is 4. The molecule has 0 fully saturated rings. The van der Waals surface area contributed by atoms with Crippen LogP contribution in [0.5, 0.6) is 0 Å². The summed E-state index contributed by atoms with van der Waals surface area (Å²) in [6, 6.07) is 13.4. The smallest absolute Gasteiger partial charge is 0.335 e. The van der Waals surface area contributed by atoms with Crippen molar-refractivity contribution in [3.8, 4) is 0 Å². The molecule has 0 radical (unpaired) electrons. The average molecular weight is 314 g/mol. The van der Waals surface area contributed by atoms with Gasteiger partial charge in [0, 0.05) is 12.6 Å². The number of hydrogen-bond donors (Lipinski definition) is 2. The topological polar surface area (TPSA) is 95.8 Å². The molecule has 2 aromatic carbocycles. The first-order valence-electron chi connectivity index (χ1n) is 6.99. The Morgan fingerprint density at radius 3 is 2.39 bits per heavy atom. The van der Waals surface area contributed by atoms with Gasteiger partial charge in [-0.25, -0.2) is 4.79 Å². The van der Waals surface area contributed by atoms with Gasteiger partial charge in [0.25, 0.3) is 0 Å². The number of amides is 1. The largest absolute Gasteiger partial charge is 0.478 e. The highest BCUT2D eigenvalue weighted by atomic mass is 16.4. The fraction of sp³-hybridized carbons (Fsp3) is 0.176. The Morgan fingerprint density at radius 2 is 1.83 bits per heavy atom. The van der Waals surface area contributed by atoms with Crippen molar-refractivity contribution in [2.75, 3.05) is 5.32 Å². The molecule has 0 aromatic heterocycles. The van der Waals surface area contributed by atoms with Crippen molar-refractivity contribution < 1.29 is 14.7 Å². The van der Waals surface area contributed by atoms with Crippen LogP contribution >= 0.6 is 0 Å². The number of aryl methyl sites for hydroxylation is 1. The van der Waals surface area contributed by atoms with E-state index in [0.29, 0.717) is 16.9 Å². The standard InChI is InChI=1S/C9H10O2.C8H8N2O2/c1-2-7-4-3-5-8(6-7)9(10)11;1-6(11)9-7-3-2-4-8(5-7)10-12/h3-6H,2H2,1H3,(H,10,11);2-5H,1H3,(H,9,11). The number of hydrogen-bond acceptors (Lipinski definition) is 4. The molecule has 2 N–H and O–H groups in total. The lowest BCUT2D eigenvalue weighted by Gasteiger charge is -2.00. The van der Waals surface area contributed by atoms with Crippen LogP contribution in [-0.2, 0) is 11.2 Å². The minimum absolute atomic E-state index is 0.168. The zero-order chi connectivity index (χ0) is 17.2. The number of anilines is 1. The Kier molecular flexibility index (Phi) is 7.13. The zero-order valence-corrected chi connectivity index (χ0v) is 12.9. The first kappa shape index (κ1) is 18.0. The predicted octanol–water partition coefficient (Wildman–Crippen LogP) is 3.99. The van der Waals surface area contributed by atoms with E-state index in [2.05, 4.69) is 10.5 Å². The van der Waals surface area contributed by atoms with Gasteiger partial charge in [-0.15, -0.1) is 4.91 Å². The van der Waals surface area contributed by atoms with E-state index in [1.807, 2.05) is 13.0 Å². The third kappa shape index (κ3) is 6.52. The molecular formula is C17H18N2O4. The molecule has 0 saturated heterocycles. The lowest BCUT2D eigenvalue weighted by atomic mass is 10.1. The highest BCUT2D eigenvalue weighted by Gasteiger charge is 2.00. The molecule has 6 heteroatoms. The van der Waals surface area contributed by atoms with Crippen molar-refractivity contribution in [2.45, 2.75) is 20.3 Å². The van der Waals surface area contributed by atoms with Crippen molar-refractivity contribution in [1.82, 2.24) is 0 Å². The van der Waals surface area contributed by atoms with Gasteiger partial charge in [0.2, 0.25) is 5.91 Å². The summed E-state index contributed by atoms with van der Waals surface area (Å²) in [4.78, 5) is 31.1. The molecule has 0 unspecified atom stereocenters. The lowest BCUT2D eigenvalue weighted by Crippen LogP contribution is -2.04. The van der Waals surface area contributed by atoms with Gasteiger partial charge in [0.15, 0.2) is 0 Å². The third-order valence-electron chi connectivity index (χ3n) is 2.85. The summed E-state index contributed by atoms with van der Waals surface area (Å²) in [5.74, 6) is -1.03. The maximum absolute atomic E-state index is 10.6. The molecular weight excluding hydrogens is 296 g/mol. The Bertz CT molecular complexity index is 698. The van der Waals surface area contributed by atoms with E-state index in [1.165, 1.54) is 13.0 Å². The summed E-state index contributed by atoms with van der Waals surface area (Å²) in [5.41, 5.74) is 2.31. The first-order valence-corrected chi connectivity index (χ1v) is 6.99. The Hall–Kier alpha value is -3.02. The number of nitrogens with one attached hydrogen (secondary N) is 1. The molecule has 0 atom stereocenters. The van der Waals surface area contributed by atoms with Crippen LogP contribution in [0.15, 0.2) is 53.7 Å². The maximum Gasteiger partial charge on any atom is 0.335 e. The van der Waals surface area contributed by atoms with Crippen LogP contribution in [0.25, 0.3) is 0 Å². The number of aromatic carboxylic acids is 1. The highest BCUT2D eigenvalue weighted by Crippen LogP contribution is 2.16. The van der Waals surface area contributed by atoms with Gasteiger partial charge < -0.3 is 10.4 Å². The number of benzene rings is 2. The summed E-state index contributed by atoms with van der Waals surface area (Å²) in [7, 11) is 0. The van der Waals surface area contributed by atoms with Crippen LogP contribution in [0.2, 0.25) is 0 Å². The van der Waals surface area contributed by atoms with Gasteiger partial charge >= 0.3 is 5.97 Å². The lowest BCUT2D eigenvalue weighted by molar-refractivity contribution is -0.114. The van der Waals surface area contributed by atoms with Crippen LogP contribution in [0.1, 0.15) is 29.8 Å². The summed E-state index contributed by atoms with van der Waals surface area (Å²) in [6.07, 6.45) is 0.876. The molecule has 0 saturated carbocycles. The van der Waals surface area contributed by atoms with E-state index in [0.717, 1.165) is 12.0 Å². The minimum Gasteiger partial charge on any atom is -0.478 e. The molecule has 2 rings (SSSR count). The molecule has 2 aromatic rings. The summed E-state index contributed by atoms with van der Waals surface area (Å²) < 4.78 is 0. The summed E-state index contributed by atoms with van der Waals surface area (Å²) in [5, 5.41) is 13.9. The molecule has 0 heterocycles. The maximum atomic E-state index is 10.6. The van der Waals surface area contributed by atoms with E-state index >= 15 is 0 Å². The van der Waals surface area contributed by atoms with E-state index in [4.69, 9.17) is 5.11 Å². The zero-order valence-electron chi connectivity index (χ0n) is 12.9. The van der Waals surface area contributed by atoms with Gasteiger partial charge in [-0.1, -0.05) is 25.1 Å². The Balaban J connectivity index is 0.000000231. The number of nitroso groups, excluding NO2 is 1. The molecule has 0 aliphatic heterocycles. The van der Waals surface area contributed by atoms with Gasteiger partial charge in [-0.3, -0.25) is 4.79 Å². The molecule has 23 heavy (non-hydrogen) atoms. The fourth-order valence-corrected chi connectivity index (χ4v) is 1.77. The van der Waals surface area contributed by atoms with E-state index in [9.17, 15) is 14.5 Å². The van der Waals surface area contributed by atoms with Crippen molar-refractivity contribution in [2.24, 2.45) is 5.18 Å². The number of nitrogens with zero attached hydrogens (tertiary/aromatic N) is 1. The van der Waals surface area contributed by atoms with Crippen molar-refractivity contribution >= 4 is 23.3 Å². The monoisotopic (exact) mass is 314 g/mol. The van der Waals surface area contributed by atoms with Gasteiger partial charge in [0.1, 0.15) is 5.69 Å². The second-order valence-electron chi connectivity index (χ2n) is 4.68. The SMILES string of the molecule is CC(=O)Nc1cccc(N=O)c1.CCc1cccc(C(=O)O)c1. The number of carboxylic acids is 1. The van der Waals surface area contributed by atoms with Gasteiger partial charge in [-0.2, -0.15) is 0 Å². The molecule has 1 amide bonds. The Morgan fingerprint density at radius 1 is 1.13 bits per heavy atom. The van der Waals surface area contributed by atoms with E-state index < -0.39 is 5.97 Å². The molecule has 0 aliphatic carbocycles. The molecule has 0 bridgehead atoms. The summed E-state index contributed by atoms with van der Waals surface area (Å²) >= 11 is 0. The molecule has 120 valence electrons. The van der Waals surface area contributed by atoms with Crippen LogP contribution in [0.4, 0.5) is 11.4 Å². The first-order chi connectivity index (χ1) is 11.0. The van der Waals surface area contributed by atoms with Crippen LogP contribution < -0.4 is 5.32 Å². The number of carboxylic acid groups (broad SMARTS) is 1. The van der Waals surface area contributed by atoms with Gasteiger partial charge in [0.05, 0.1) is 5.56 Å². The molecule has 0 aliphatic rings. The second kappa shape index (κ2) is 9.09. The van der Waals surface area contributed by atoms with Crippen LogP contribution in [0.3, 0.4) is 0 Å². The quantitative estimate of drug-likeness (QED) is 0.834. The molecule has 6 nitrogen and oxygen atoms in total. The normalized spacial score (nSPS) is 9.30. The van der Waals surface area contributed by atoms with Crippen LogP contribution in [0, 0.1) is 4.91 Å². The Labute approximate surface area is 134 Å². The van der Waals surface area contributed by atoms with Crippen LogP contribution in [-0.4, -0.2) is 17.0 Å². The average Bonchev–Trinajstić information content (AvgIpc) is 2.55. The van der Waals surface area contributed by atoms with Gasteiger partial charge in [-0.05, 0) is 47.5 Å². The highest BCUT2D eigenvalue weighted by molar-refractivity contribution is 5.89. The number of carbonyl (C=O) groups is 2. The minimum atomic E-state index is -0.861. The fourth-order valence-electron chi connectivity index (χ4n) is 1.77.